The Balaban J connectivity index is 2.84. The van der Waals surface area contributed by atoms with E-state index in [1.807, 2.05) is 0 Å². The van der Waals surface area contributed by atoms with Crippen LogP contribution >= 0.6 is 0 Å². The SMILES string of the molecule is CCOC(=O)C1(C(=O)OCC)CCC(C)CC1. The van der Waals surface area contributed by atoms with Gasteiger partial charge in [0, 0.05) is 0 Å². The maximum atomic E-state index is 12.0. The van der Waals surface area contributed by atoms with Crippen molar-refractivity contribution in [3.8, 4) is 0 Å². The van der Waals surface area contributed by atoms with Gasteiger partial charge in [-0.05, 0) is 45.4 Å². The lowest BCUT2D eigenvalue weighted by atomic mass is 9.71. The fourth-order valence-electron chi connectivity index (χ4n) is 2.28. The maximum absolute atomic E-state index is 12.0. The summed E-state index contributed by atoms with van der Waals surface area (Å²) in [4.78, 5) is 24.0. The summed E-state index contributed by atoms with van der Waals surface area (Å²) in [5.41, 5.74) is -1.04. The Morgan fingerprint density at radius 2 is 1.47 bits per heavy atom. The van der Waals surface area contributed by atoms with E-state index in [0.717, 1.165) is 12.8 Å². The molecule has 0 spiro atoms. The van der Waals surface area contributed by atoms with Gasteiger partial charge in [0.1, 0.15) is 0 Å². The zero-order valence-electron chi connectivity index (χ0n) is 11.0. The smallest absolute Gasteiger partial charge is 0.323 e. The first-order valence-electron chi connectivity index (χ1n) is 6.41. The summed E-state index contributed by atoms with van der Waals surface area (Å²) in [5.74, 6) is -0.261. The second-order valence-corrected chi connectivity index (χ2v) is 4.71. The minimum atomic E-state index is -1.04. The van der Waals surface area contributed by atoms with Crippen LogP contribution in [-0.2, 0) is 19.1 Å². The summed E-state index contributed by atoms with van der Waals surface area (Å²) >= 11 is 0. The van der Waals surface area contributed by atoms with Crippen molar-refractivity contribution in [2.24, 2.45) is 11.3 Å². The van der Waals surface area contributed by atoms with E-state index in [1.165, 1.54) is 0 Å². The molecule has 1 saturated carbocycles. The fourth-order valence-corrected chi connectivity index (χ4v) is 2.28. The van der Waals surface area contributed by atoms with Crippen molar-refractivity contribution in [3.63, 3.8) is 0 Å². The topological polar surface area (TPSA) is 52.6 Å². The van der Waals surface area contributed by atoms with Crippen molar-refractivity contribution in [3.05, 3.63) is 0 Å². The Kier molecular flexibility index (Phi) is 4.97. The van der Waals surface area contributed by atoms with Gasteiger partial charge in [-0.1, -0.05) is 6.92 Å². The van der Waals surface area contributed by atoms with Crippen LogP contribution in [0.3, 0.4) is 0 Å². The molecule has 17 heavy (non-hydrogen) atoms. The second-order valence-electron chi connectivity index (χ2n) is 4.71. The number of carbonyl (C=O) groups excluding carboxylic acids is 2. The second kappa shape index (κ2) is 6.03. The first-order chi connectivity index (χ1) is 8.06. The molecular weight excluding hydrogens is 220 g/mol. The Hall–Kier alpha value is -1.06. The molecule has 0 saturated heterocycles. The highest BCUT2D eigenvalue weighted by Gasteiger charge is 2.50. The van der Waals surface area contributed by atoms with Gasteiger partial charge < -0.3 is 9.47 Å². The summed E-state index contributed by atoms with van der Waals surface area (Å²) in [6.45, 7) is 6.25. The fraction of sp³-hybridized carbons (Fsp3) is 0.846. The minimum absolute atomic E-state index is 0.301. The molecule has 4 nitrogen and oxygen atoms in total. The van der Waals surface area contributed by atoms with E-state index in [-0.39, 0.29) is 0 Å². The van der Waals surface area contributed by atoms with Crippen LogP contribution in [-0.4, -0.2) is 25.2 Å². The highest BCUT2D eigenvalue weighted by Crippen LogP contribution is 2.41. The van der Waals surface area contributed by atoms with Crippen molar-refractivity contribution in [2.45, 2.75) is 46.5 Å². The first-order valence-corrected chi connectivity index (χ1v) is 6.41. The number of carbonyl (C=O) groups is 2. The van der Waals surface area contributed by atoms with Crippen LogP contribution in [0.15, 0.2) is 0 Å². The van der Waals surface area contributed by atoms with Gasteiger partial charge in [-0.3, -0.25) is 9.59 Å². The third kappa shape index (κ3) is 2.99. The van der Waals surface area contributed by atoms with Crippen molar-refractivity contribution in [2.75, 3.05) is 13.2 Å². The molecule has 0 aromatic carbocycles. The van der Waals surface area contributed by atoms with E-state index >= 15 is 0 Å². The molecule has 1 aliphatic rings. The van der Waals surface area contributed by atoms with Crippen LogP contribution in [0.4, 0.5) is 0 Å². The predicted molar refractivity (Wildman–Crippen MR) is 63.3 cm³/mol. The maximum Gasteiger partial charge on any atom is 0.323 e. The number of ether oxygens (including phenoxy) is 2. The Morgan fingerprint density at radius 1 is 1.06 bits per heavy atom. The molecule has 0 heterocycles. The van der Waals surface area contributed by atoms with E-state index in [9.17, 15) is 9.59 Å². The molecule has 0 radical (unpaired) electrons. The molecule has 4 heteroatoms. The van der Waals surface area contributed by atoms with Gasteiger partial charge >= 0.3 is 11.9 Å². The molecule has 0 aliphatic heterocycles. The summed E-state index contributed by atoms with van der Waals surface area (Å²) in [5, 5.41) is 0. The minimum Gasteiger partial charge on any atom is -0.465 e. The lowest BCUT2D eigenvalue weighted by molar-refractivity contribution is -0.175. The standard InChI is InChI=1S/C13H22O4/c1-4-16-11(14)13(12(15)17-5-2)8-6-10(3)7-9-13/h10H,4-9H2,1-3H3. The third-order valence-corrected chi connectivity index (χ3v) is 3.46. The normalized spacial score (nSPS) is 19.7. The average molecular weight is 242 g/mol. The largest absolute Gasteiger partial charge is 0.465 e. The van der Waals surface area contributed by atoms with E-state index in [4.69, 9.17) is 9.47 Å². The number of rotatable bonds is 4. The van der Waals surface area contributed by atoms with E-state index in [0.29, 0.717) is 32.0 Å². The van der Waals surface area contributed by atoms with Crippen LogP contribution in [0, 0.1) is 11.3 Å². The molecule has 0 bridgehead atoms. The van der Waals surface area contributed by atoms with Crippen molar-refractivity contribution in [1.29, 1.82) is 0 Å². The van der Waals surface area contributed by atoms with Crippen LogP contribution < -0.4 is 0 Å². The molecule has 0 N–H and O–H groups in total. The zero-order valence-corrected chi connectivity index (χ0v) is 11.0. The molecule has 0 aromatic heterocycles. The van der Waals surface area contributed by atoms with Crippen LogP contribution in [0.5, 0.6) is 0 Å². The van der Waals surface area contributed by atoms with Gasteiger partial charge in [0.15, 0.2) is 5.41 Å². The summed E-state index contributed by atoms with van der Waals surface area (Å²) in [7, 11) is 0. The Labute approximate surface area is 103 Å². The van der Waals surface area contributed by atoms with Crippen molar-refractivity contribution >= 4 is 11.9 Å². The lowest BCUT2D eigenvalue weighted by Crippen LogP contribution is -2.44. The van der Waals surface area contributed by atoms with E-state index in [2.05, 4.69) is 6.92 Å². The molecule has 98 valence electrons. The number of hydrogen-bond acceptors (Lipinski definition) is 4. The van der Waals surface area contributed by atoms with Crippen molar-refractivity contribution < 1.29 is 19.1 Å². The Bertz CT molecular complexity index is 257. The van der Waals surface area contributed by atoms with Gasteiger partial charge in [0.25, 0.3) is 0 Å². The van der Waals surface area contributed by atoms with Crippen LogP contribution in [0.2, 0.25) is 0 Å². The summed E-state index contributed by atoms with van der Waals surface area (Å²) in [6.07, 6.45) is 2.84. The van der Waals surface area contributed by atoms with Gasteiger partial charge in [0.2, 0.25) is 0 Å². The number of esters is 2. The first kappa shape index (κ1) is 14.0. The highest BCUT2D eigenvalue weighted by atomic mass is 16.6. The molecule has 0 amide bonds. The molecule has 0 unspecified atom stereocenters. The van der Waals surface area contributed by atoms with Gasteiger partial charge in [-0.25, -0.2) is 0 Å². The quantitative estimate of drug-likeness (QED) is 0.560. The molecule has 0 aromatic rings. The van der Waals surface area contributed by atoms with Gasteiger partial charge in [0.05, 0.1) is 13.2 Å². The van der Waals surface area contributed by atoms with Crippen LogP contribution in [0.1, 0.15) is 46.5 Å². The van der Waals surface area contributed by atoms with Gasteiger partial charge in [-0.15, -0.1) is 0 Å². The number of hydrogen-bond donors (Lipinski definition) is 0. The van der Waals surface area contributed by atoms with Crippen LogP contribution in [0.25, 0.3) is 0 Å². The molecule has 1 aliphatic carbocycles. The van der Waals surface area contributed by atoms with Gasteiger partial charge in [-0.2, -0.15) is 0 Å². The van der Waals surface area contributed by atoms with E-state index in [1.54, 1.807) is 13.8 Å². The van der Waals surface area contributed by atoms with Crippen molar-refractivity contribution in [1.82, 2.24) is 0 Å². The molecule has 1 fully saturated rings. The monoisotopic (exact) mass is 242 g/mol. The lowest BCUT2D eigenvalue weighted by Gasteiger charge is -2.34. The van der Waals surface area contributed by atoms with E-state index < -0.39 is 17.4 Å². The summed E-state index contributed by atoms with van der Waals surface area (Å²) < 4.78 is 10.1. The predicted octanol–water partition coefficient (Wildman–Crippen LogP) is 2.31. The zero-order chi connectivity index (χ0) is 12.9. The third-order valence-electron chi connectivity index (χ3n) is 3.46. The Morgan fingerprint density at radius 3 is 1.82 bits per heavy atom. The summed E-state index contributed by atoms with van der Waals surface area (Å²) in [6, 6.07) is 0. The molecular formula is C13H22O4. The molecule has 0 atom stereocenters. The molecule has 1 rings (SSSR count). The average Bonchev–Trinajstić information content (AvgIpc) is 2.31. The highest BCUT2D eigenvalue weighted by molar-refractivity contribution is 6.00.